The highest BCUT2D eigenvalue weighted by Crippen LogP contribution is 2.20. The van der Waals surface area contributed by atoms with Gasteiger partial charge < -0.3 is 11.1 Å². The number of anilines is 2. The molecule has 6 heteroatoms. The number of rotatable bonds is 5. The Morgan fingerprint density at radius 2 is 1.68 bits per heavy atom. The van der Waals surface area contributed by atoms with Crippen LogP contribution in [-0.4, -0.2) is 15.9 Å². The zero-order chi connectivity index (χ0) is 17.6. The molecule has 1 aromatic heterocycles. The number of aromatic amines is 1. The molecule has 126 valence electrons. The molecular formula is C19H18N4O2. The third-order valence-electron chi connectivity index (χ3n) is 3.74. The van der Waals surface area contributed by atoms with Gasteiger partial charge in [0.2, 0.25) is 11.9 Å². The minimum atomic E-state index is -0.320. The summed E-state index contributed by atoms with van der Waals surface area (Å²) in [6.45, 7) is 0. The van der Waals surface area contributed by atoms with E-state index in [0.29, 0.717) is 11.3 Å². The normalized spacial score (nSPS) is 10.4. The summed E-state index contributed by atoms with van der Waals surface area (Å²) < 4.78 is 0. The van der Waals surface area contributed by atoms with Crippen molar-refractivity contribution < 1.29 is 4.79 Å². The monoisotopic (exact) mass is 334 g/mol. The molecule has 0 saturated carbocycles. The van der Waals surface area contributed by atoms with Gasteiger partial charge in [0.05, 0.1) is 5.69 Å². The Morgan fingerprint density at radius 1 is 1.04 bits per heavy atom. The van der Waals surface area contributed by atoms with Crippen molar-refractivity contribution in [3.8, 4) is 11.3 Å². The summed E-state index contributed by atoms with van der Waals surface area (Å²) in [6.07, 6.45) is 0.439. The maximum atomic E-state index is 12.3. The number of carbonyl (C=O) groups excluding carboxylic acids is 1. The lowest BCUT2D eigenvalue weighted by molar-refractivity contribution is -0.116. The molecule has 2 aromatic carbocycles. The van der Waals surface area contributed by atoms with Crippen LogP contribution in [0.2, 0.25) is 0 Å². The van der Waals surface area contributed by atoms with E-state index >= 15 is 0 Å². The van der Waals surface area contributed by atoms with Crippen molar-refractivity contribution in [2.24, 2.45) is 0 Å². The van der Waals surface area contributed by atoms with E-state index in [-0.39, 0.29) is 30.3 Å². The van der Waals surface area contributed by atoms with E-state index in [4.69, 9.17) is 5.73 Å². The summed E-state index contributed by atoms with van der Waals surface area (Å²) in [5.74, 6) is -0.109. The summed E-state index contributed by atoms with van der Waals surface area (Å²) in [7, 11) is 0. The Hall–Kier alpha value is -3.41. The second kappa shape index (κ2) is 7.44. The first-order valence-corrected chi connectivity index (χ1v) is 7.92. The first-order chi connectivity index (χ1) is 12.1. The highest BCUT2D eigenvalue weighted by Gasteiger charge is 2.14. The van der Waals surface area contributed by atoms with Crippen molar-refractivity contribution in [3.63, 3.8) is 0 Å². The van der Waals surface area contributed by atoms with Crippen LogP contribution in [0.3, 0.4) is 0 Å². The van der Waals surface area contributed by atoms with Crippen molar-refractivity contribution in [1.82, 2.24) is 9.97 Å². The number of aromatic nitrogens is 2. The van der Waals surface area contributed by atoms with E-state index in [0.717, 1.165) is 11.3 Å². The van der Waals surface area contributed by atoms with Crippen LogP contribution in [0.4, 0.5) is 11.6 Å². The quantitative estimate of drug-likeness (QED) is 0.667. The van der Waals surface area contributed by atoms with Crippen LogP contribution in [0.5, 0.6) is 0 Å². The van der Waals surface area contributed by atoms with Crippen LogP contribution in [0.25, 0.3) is 11.3 Å². The number of hydrogen-bond acceptors (Lipinski definition) is 4. The molecule has 0 aliphatic heterocycles. The van der Waals surface area contributed by atoms with Gasteiger partial charge >= 0.3 is 0 Å². The Balaban J connectivity index is 1.80. The van der Waals surface area contributed by atoms with Crippen LogP contribution >= 0.6 is 0 Å². The average molecular weight is 334 g/mol. The van der Waals surface area contributed by atoms with Gasteiger partial charge in [0.25, 0.3) is 5.56 Å². The van der Waals surface area contributed by atoms with E-state index in [2.05, 4.69) is 15.3 Å². The smallest absolute Gasteiger partial charge is 0.256 e. The number of para-hydroxylation sites is 1. The van der Waals surface area contributed by atoms with Gasteiger partial charge in [-0.1, -0.05) is 48.5 Å². The zero-order valence-electron chi connectivity index (χ0n) is 13.5. The molecule has 0 bridgehead atoms. The van der Waals surface area contributed by atoms with Crippen molar-refractivity contribution in [1.29, 1.82) is 0 Å². The number of amides is 1. The van der Waals surface area contributed by atoms with Crippen molar-refractivity contribution in [3.05, 3.63) is 76.6 Å². The molecule has 0 spiro atoms. The van der Waals surface area contributed by atoms with Gasteiger partial charge in [-0.25, -0.2) is 4.98 Å². The fourth-order valence-corrected chi connectivity index (χ4v) is 2.57. The topological polar surface area (TPSA) is 101 Å². The lowest BCUT2D eigenvalue weighted by Gasteiger charge is -2.09. The molecule has 0 atom stereocenters. The molecule has 0 fully saturated rings. The highest BCUT2D eigenvalue weighted by molar-refractivity contribution is 5.90. The second-order valence-corrected chi connectivity index (χ2v) is 5.56. The summed E-state index contributed by atoms with van der Waals surface area (Å²) in [5.41, 5.74) is 7.83. The van der Waals surface area contributed by atoms with Gasteiger partial charge in [-0.05, 0) is 18.6 Å². The third kappa shape index (κ3) is 4.11. The SMILES string of the molecule is Nc1nc(-c2ccccc2)c(CCC(=O)Nc2ccccc2)c(=O)[nH]1. The van der Waals surface area contributed by atoms with E-state index in [1.807, 2.05) is 60.7 Å². The van der Waals surface area contributed by atoms with Gasteiger partial charge in [-0.2, -0.15) is 0 Å². The standard InChI is InChI=1S/C19H18N4O2/c20-19-22-17(13-7-3-1-4-8-13)15(18(25)23-19)11-12-16(24)21-14-9-5-2-6-10-14/h1-10H,11-12H2,(H,21,24)(H3,20,22,23,25). The van der Waals surface area contributed by atoms with Gasteiger partial charge in [0.1, 0.15) is 0 Å². The Morgan fingerprint density at radius 3 is 2.36 bits per heavy atom. The number of carbonyl (C=O) groups is 1. The summed E-state index contributed by atoms with van der Waals surface area (Å²) in [6, 6.07) is 18.5. The predicted octanol–water partition coefficient (Wildman–Crippen LogP) is 2.59. The van der Waals surface area contributed by atoms with Crippen molar-refractivity contribution >= 4 is 17.5 Å². The number of nitrogens with zero attached hydrogens (tertiary/aromatic N) is 1. The number of nitrogens with two attached hydrogens (primary N) is 1. The molecule has 0 radical (unpaired) electrons. The molecular weight excluding hydrogens is 316 g/mol. The van der Waals surface area contributed by atoms with Crippen LogP contribution in [0.15, 0.2) is 65.5 Å². The first kappa shape index (κ1) is 16.4. The number of nitrogens with one attached hydrogen (secondary N) is 2. The van der Waals surface area contributed by atoms with E-state index < -0.39 is 0 Å². The molecule has 4 N–H and O–H groups in total. The second-order valence-electron chi connectivity index (χ2n) is 5.56. The van der Waals surface area contributed by atoms with Crippen molar-refractivity contribution in [2.75, 3.05) is 11.1 Å². The number of nitrogen functional groups attached to an aromatic ring is 1. The average Bonchev–Trinajstić information content (AvgIpc) is 2.62. The molecule has 1 amide bonds. The minimum Gasteiger partial charge on any atom is -0.369 e. The van der Waals surface area contributed by atoms with Crippen molar-refractivity contribution in [2.45, 2.75) is 12.8 Å². The molecule has 1 heterocycles. The number of H-pyrrole nitrogens is 1. The minimum absolute atomic E-state index is 0.0568. The van der Waals surface area contributed by atoms with Gasteiger partial charge in [0.15, 0.2) is 0 Å². The molecule has 3 aromatic rings. The van der Waals surface area contributed by atoms with Crippen LogP contribution in [0.1, 0.15) is 12.0 Å². The third-order valence-corrected chi connectivity index (χ3v) is 3.74. The molecule has 0 aliphatic carbocycles. The maximum Gasteiger partial charge on any atom is 0.256 e. The van der Waals surface area contributed by atoms with Gasteiger partial charge in [0, 0.05) is 23.2 Å². The van der Waals surface area contributed by atoms with Gasteiger partial charge in [-0.15, -0.1) is 0 Å². The van der Waals surface area contributed by atoms with Crippen LogP contribution in [-0.2, 0) is 11.2 Å². The Bertz CT molecular complexity index is 921. The van der Waals surface area contributed by atoms with E-state index in [9.17, 15) is 9.59 Å². The fourth-order valence-electron chi connectivity index (χ4n) is 2.57. The molecule has 6 nitrogen and oxygen atoms in total. The number of hydrogen-bond donors (Lipinski definition) is 3. The zero-order valence-corrected chi connectivity index (χ0v) is 13.5. The summed E-state index contributed by atoms with van der Waals surface area (Å²) >= 11 is 0. The van der Waals surface area contributed by atoms with E-state index in [1.165, 1.54) is 0 Å². The highest BCUT2D eigenvalue weighted by atomic mass is 16.1. The molecule has 0 aliphatic rings. The number of benzene rings is 2. The fraction of sp³-hybridized carbons (Fsp3) is 0.105. The van der Waals surface area contributed by atoms with Crippen LogP contribution in [0, 0.1) is 0 Å². The summed E-state index contributed by atoms with van der Waals surface area (Å²) in [4.78, 5) is 31.2. The Kier molecular flexibility index (Phi) is 4.89. The molecule has 25 heavy (non-hydrogen) atoms. The van der Waals surface area contributed by atoms with Crippen LogP contribution < -0.4 is 16.6 Å². The molecule has 0 unspecified atom stereocenters. The lowest BCUT2D eigenvalue weighted by atomic mass is 10.0. The van der Waals surface area contributed by atoms with Gasteiger partial charge in [-0.3, -0.25) is 14.6 Å². The first-order valence-electron chi connectivity index (χ1n) is 7.92. The predicted molar refractivity (Wildman–Crippen MR) is 98.1 cm³/mol. The Labute approximate surface area is 144 Å². The molecule has 0 saturated heterocycles. The largest absolute Gasteiger partial charge is 0.369 e. The maximum absolute atomic E-state index is 12.3. The van der Waals surface area contributed by atoms with E-state index in [1.54, 1.807) is 0 Å². The summed E-state index contributed by atoms with van der Waals surface area (Å²) in [5, 5.41) is 2.81. The molecule has 3 rings (SSSR count). The lowest BCUT2D eigenvalue weighted by Crippen LogP contribution is -2.20.